The number of thiazole rings is 1. The molecule has 6 nitrogen and oxygen atoms in total. The number of nitrogens with two attached hydrogens (primary N) is 1. The number of imidazole rings is 1. The van der Waals surface area contributed by atoms with Gasteiger partial charge in [-0.1, -0.05) is 54.1 Å². The molecule has 1 saturated carbocycles. The molecule has 1 aliphatic rings. The van der Waals surface area contributed by atoms with Crippen LogP contribution in [-0.2, 0) is 0 Å². The lowest BCUT2D eigenvalue weighted by molar-refractivity contribution is 0.1000. The van der Waals surface area contributed by atoms with E-state index in [0.29, 0.717) is 22.0 Å². The number of pyridine rings is 1. The van der Waals surface area contributed by atoms with E-state index in [1.807, 2.05) is 35.7 Å². The summed E-state index contributed by atoms with van der Waals surface area (Å²) in [5, 5.41) is 3.51. The Morgan fingerprint density at radius 3 is 2.56 bits per heavy atom. The van der Waals surface area contributed by atoms with Gasteiger partial charge in [0, 0.05) is 22.2 Å². The highest BCUT2D eigenvalue weighted by Crippen LogP contribution is 2.46. The summed E-state index contributed by atoms with van der Waals surface area (Å²) in [7, 11) is 0. The molecule has 3 heterocycles. The Kier molecular flexibility index (Phi) is 5.16. The number of amides is 1. The molecule has 3 aromatic heterocycles. The zero-order valence-electron chi connectivity index (χ0n) is 18.1. The van der Waals surface area contributed by atoms with Crippen LogP contribution in [0.5, 0.6) is 0 Å². The fourth-order valence-electron chi connectivity index (χ4n) is 4.36. The van der Waals surface area contributed by atoms with Gasteiger partial charge in [0.2, 0.25) is 5.91 Å². The topological polar surface area (TPSA) is 86.7 Å². The molecule has 0 radical (unpaired) electrons. The first-order chi connectivity index (χ1) is 16.6. The molecule has 1 amide bonds. The van der Waals surface area contributed by atoms with Gasteiger partial charge in [-0.3, -0.25) is 9.36 Å². The maximum Gasteiger partial charge on any atom is 0.250 e. The Hall–Kier alpha value is -3.55. The molecule has 34 heavy (non-hydrogen) atoms. The summed E-state index contributed by atoms with van der Waals surface area (Å²) >= 11 is 7.60. The zero-order chi connectivity index (χ0) is 23.2. The summed E-state index contributed by atoms with van der Waals surface area (Å²) in [5.74, 6) is 0.716. The molecular formula is C26H20ClN5OS. The SMILES string of the molecule is NC(=O)c1cnc2c(c1)nc(-c1nc(-c3ccc(Cl)cc3)cs1)n2[C@@H](c1ccccc1)C1CC1. The molecule has 0 aliphatic heterocycles. The molecule has 168 valence electrons. The minimum Gasteiger partial charge on any atom is -0.366 e. The van der Waals surface area contributed by atoms with E-state index >= 15 is 0 Å². The van der Waals surface area contributed by atoms with Crippen LogP contribution in [0.1, 0.15) is 34.8 Å². The lowest BCUT2D eigenvalue weighted by atomic mass is 10.0. The van der Waals surface area contributed by atoms with Gasteiger partial charge in [-0.05, 0) is 42.5 Å². The number of carbonyl (C=O) groups is 1. The molecule has 6 rings (SSSR count). The molecule has 8 heteroatoms. The maximum absolute atomic E-state index is 11.8. The van der Waals surface area contributed by atoms with Crippen molar-refractivity contribution in [3.05, 3.63) is 88.4 Å². The van der Waals surface area contributed by atoms with Crippen molar-refractivity contribution in [1.29, 1.82) is 0 Å². The maximum atomic E-state index is 11.8. The Bertz CT molecular complexity index is 1510. The van der Waals surface area contributed by atoms with E-state index in [1.165, 1.54) is 23.1 Å². The van der Waals surface area contributed by atoms with Gasteiger partial charge in [0.05, 0.1) is 17.3 Å². The van der Waals surface area contributed by atoms with Gasteiger partial charge in [0.25, 0.3) is 0 Å². The predicted octanol–water partition coefficient (Wildman–Crippen LogP) is 5.97. The molecule has 2 N–H and O–H groups in total. The second-order valence-corrected chi connectivity index (χ2v) is 9.77. The first-order valence-corrected chi connectivity index (χ1v) is 12.3. The van der Waals surface area contributed by atoms with Crippen LogP contribution in [0, 0.1) is 5.92 Å². The standard InChI is InChI=1S/C26H20ClN5OS/c27-19-10-8-15(9-11-19)21-14-34-26(31-21)25-30-20-12-18(23(28)33)13-29-24(20)32(25)22(17-6-7-17)16-4-2-1-3-5-16/h1-5,8-14,17,22H,6-7H2,(H2,28,33)/t22-/m0/s1. The third-order valence-electron chi connectivity index (χ3n) is 6.14. The molecule has 0 spiro atoms. The van der Waals surface area contributed by atoms with E-state index in [1.54, 1.807) is 6.07 Å². The molecule has 0 bridgehead atoms. The fraction of sp³-hybridized carbons (Fsp3) is 0.154. The Balaban J connectivity index is 1.55. The number of nitrogens with zero attached hydrogens (tertiary/aromatic N) is 4. The minimum atomic E-state index is -0.522. The van der Waals surface area contributed by atoms with E-state index in [4.69, 9.17) is 27.3 Å². The number of hydrogen-bond donors (Lipinski definition) is 1. The van der Waals surface area contributed by atoms with Gasteiger partial charge in [0.1, 0.15) is 5.52 Å². The van der Waals surface area contributed by atoms with Gasteiger partial charge in [-0.15, -0.1) is 11.3 Å². The first-order valence-electron chi connectivity index (χ1n) is 11.0. The number of halogens is 1. The van der Waals surface area contributed by atoms with Crippen LogP contribution < -0.4 is 5.73 Å². The largest absolute Gasteiger partial charge is 0.366 e. The third-order valence-corrected chi connectivity index (χ3v) is 7.23. The van der Waals surface area contributed by atoms with Gasteiger partial charge in [-0.2, -0.15) is 0 Å². The van der Waals surface area contributed by atoms with Gasteiger partial charge in [0.15, 0.2) is 16.5 Å². The zero-order valence-corrected chi connectivity index (χ0v) is 19.6. The van der Waals surface area contributed by atoms with Crippen LogP contribution in [0.4, 0.5) is 0 Å². The monoisotopic (exact) mass is 485 g/mol. The predicted molar refractivity (Wildman–Crippen MR) is 135 cm³/mol. The van der Waals surface area contributed by atoms with Gasteiger partial charge in [-0.25, -0.2) is 15.0 Å². The molecule has 0 saturated heterocycles. The summed E-state index contributed by atoms with van der Waals surface area (Å²) in [6.45, 7) is 0. The fourth-order valence-corrected chi connectivity index (χ4v) is 5.29. The lowest BCUT2D eigenvalue weighted by Crippen LogP contribution is -2.15. The number of hydrogen-bond acceptors (Lipinski definition) is 5. The van der Waals surface area contributed by atoms with Crippen molar-refractivity contribution >= 4 is 40.0 Å². The van der Waals surface area contributed by atoms with E-state index in [2.05, 4.69) is 33.8 Å². The molecule has 0 unspecified atom stereocenters. The van der Waals surface area contributed by atoms with E-state index in [0.717, 1.165) is 40.6 Å². The van der Waals surface area contributed by atoms with E-state index < -0.39 is 5.91 Å². The van der Waals surface area contributed by atoms with Crippen molar-refractivity contribution in [3.63, 3.8) is 0 Å². The summed E-state index contributed by atoms with van der Waals surface area (Å²) in [4.78, 5) is 26.3. The summed E-state index contributed by atoms with van der Waals surface area (Å²) < 4.78 is 2.19. The molecule has 1 aliphatic carbocycles. The molecular weight excluding hydrogens is 466 g/mol. The summed E-state index contributed by atoms with van der Waals surface area (Å²) in [6, 6.07) is 19.9. The highest BCUT2D eigenvalue weighted by atomic mass is 35.5. The van der Waals surface area contributed by atoms with Gasteiger partial charge >= 0.3 is 0 Å². The van der Waals surface area contributed by atoms with Crippen LogP contribution in [0.25, 0.3) is 33.3 Å². The Labute approximate surface area is 205 Å². The average molecular weight is 486 g/mol. The second-order valence-electron chi connectivity index (χ2n) is 8.47. The van der Waals surface area contributed by atoms with Crippen LogP contribution in [0.2, 0.25) is 5.02 Å². The number of primary amides is 1. The smallest absolute Gasteiger partial charge is 0.250 e. The number of rotatable bonds is 6. The lowest BCUT2D eigenvalue weighted by Gasteiger charge is -2.21. The van der Waals surface area contributed by atoms with E-state index in [9.17, 15) is 4.79 Å². The van der Waals surface area contributed by atoms with Crippen molar-refractivity contribution < 1.29 is 4.79 Å². The third kappa shape index (κ3) is 3.77. The number of benzene rings is 2. The average Bonchev–Trinajstić information content (AvgIpc) is 3.44. The number of fused-ring (bicyclic) bond motifs is 1. The van der Waals surface area contributed by atoms with Crippen molar-refractivity contribution in [3.8, 4) is 22.1 Å². The number of aromatic nitrogens is 4. The number of carbonyl (C=O) groups excluding carboxylic acids is 1. The summed E-state index contributed by atoms with van der Waals surface area (Å²) in [5.41, 5.74) is 10.3. The molecule has 1 atom stereocenters. The van der Waals surface area contributed by atoms with Crippen LogP contribution in [0.3, 0.4) is 0 Å². The Morgan fingerprint density at radius 2 is 1.85 bits per heavy atom. The quantitative estimate of drug-likeness (QED) is 0.321. The first kappa shape index (κ1) is 21.0. The normalized spacial score (nSPS) is 14.4. The molecule has 5 aromatic rings. The van der Waals surface area contributed by atoms with Crippen LogP contribution in [-0.4, -0.2) is 25.4 Å². The van der Waals surface area contributed by atoms with Crippen LogP contribution >= 0.6 is 22.9 Å². The van der Waals surface area contributed by atoms with Gasteiger partial charge < -0.3 is 5.73 Å². The summed E-state index contributed by atoms with van der Waals surface area (Å²) in [6.07, 6.45) is 3.82. The van der Waals surface area contributed by atoms with Crippen molar-refractivity contribution in [2.45, 2.75) is 18.9 Å². The highest BCUT2D eigenvalue weighted by Gasteiger charge is 2.37. The van der Waals surface area contributed by atoms with Crippen molar-refractivity contribution in [1.82, 2.24) is 19.5 Å². The van der Waals surface area contributed by atoms with Crippen LogP contribution in [0.15, 0.2) is 72.2 Å². The second kappa shape index (κ2) is 8.34. The molecule has 1 fully saturated rings. The van der Waals surface area contributed by atoms with E-state index in [-0.39, 0.29) is 6.04 Å². The highest BCUT2D eigenvalue weighted by molar-refractivity contribution is 7.13. The Morgan fingerprint density at radius 1 is 1.09 bits per heavy atom. The molecule has 2 aromatic carbocycles. The minimum absolute atomic E-state index is 0.0796. The van der Waals surface area contributed by atoms with Crippen molar-refractivity contribution in [2.24, 2.45) is 11.7 Å². The van der Waals surface area contributed by atoms with Crippen molar-refractivity contribution in [2.75, 3.05) is 0 Å².